The number of likely N-dealkylation sites (tertiary alicyclic amines) is 2. The first-order chi connectivity index (χ1) is 10.7. The molecule has 3 rings (SSSR count). The Morgan fingerprint density at radius 1 is 1.09 bits per heavy atom. The molecular formula is C18H27N3O. The molecule has 4 heteroatoms. The maximum Gasteiger partial charge on any atom is 0.272 e. The van der Waals surface area contributed by atoms with E-state index in [-0.39, 0.29) is 5.91 Å². The van der Waals surface area contributed by atoms with Crippen molar-refractivity contribution in [3.63, 3.8) is 0 Å². The van der Waals surface area contributed by atoms with Crippen LogP contribution < -0.4 is 0 Å². The average molecular weight is 301 g/mol. The SMILES string of the molecule is CN1CCCC(c2cccc(C(=O)N3CCCCCC3)n2)C1. The molecule has 1 aromatic rings. The molecule has 3 heterocycles. The minimum absolute atomic E-state index is 0.118. The van der Waals surface area contributed by atoms with Gasteiger partial charge in [-0.15, -0.1) is 0 Å². The van der Waals surface area contributed by atoms with Crippen LogP contribution in [0.1, 0.15) is 60.6 Å². The standard InChI is InChI=1S/C18H27N3O/c1-20-11-7-8-15(14-20)16-9-6-10-17(19-16)18(22)21-12-4-2-3-5-13-21/h6,9-10,15H,2-5,7-8,11-14H2,1H3. The monoisotopic (exact) mass is 301 g/mol. The summed E-state index contributed by atoms with van der Waals surface area (Å²) in [5, 5.41) is 0. The quantitative estimate of drug-likeness (QED) is 0.843. The minimum atomic E-state index is 0.118. The maximum atomic E-state index is 12.7. The van der Waals surface area contributed by atoms with E-state index >= 15 is 0 Å². The first-order valence-corrected chi connectivity index (χ1v) is 8.69. The number of rotatable bonds is 2. The van der Waals surface area contributed by atoms with Crippen molar-refractivity contribution in [2.24, 2.45) is 0 Å². The van der Waals surface area contributed by atoms with Gasteiger partial charge in [-0.25, -0.2) is 4.98 Å². The predicted molar refractivity (Wildman–Crippen MR) is 88.1 cm³/mol. The van der Waals surface area contributed by atoms with Crippen molar-refractivity contribution in [1.29, 1.82) is 0 Å². The summed E-state index contributed by atoms with van der Waals surface area (Å²) in [5.41, 5.74) is 1.72. The van der Waals surface area contributed by atoms with Crippen LogP contribution in [0.2, 0.25) is 0 Å². The number of nitrogens with zero attached hydrogens (tertiary/aromatic N) is 3. The van der Waals surface area contributed by atoms with Gasteiger partial charge in [0.15, 0.2) is 0 Å². The van der Waals surface area contributed by atoms with E-state index in [0.717, 1.165) is 38.2 Å². The van der Waals surface area contributed by atoms with Gasteiger partial charge >= 0.3 is 0 Å². The van der Waals surface area contributed by atoms with E-state index in [2.05, 4.69) is 18.0 Å². The molecule has 0 N–H and O–H groups in total. The summed E-state index contributed by atoms with van der Waals surface area (Å²) in [5.74, 6) is 0.587. The molecule has 1 unspecified atom stereocenters. The van der Waals surface area contributed by atoms with Gasteiger partial charge in [-0.05, 0) is 51.4 Å². The van der Waals surface area contributed by atoms with Gasteiger partial charge in [0.25, 0.3) is 5.91 Å². The second-order valence-corrected chi connectivity index (χ2v) is 6.76. The lowest BCUT2D eigenvalue weighted by molar-refractivity contribution is 0.0755. The molecule has 0 saturated carbocycles. The topological polar surface area (TPSA) is 36.4 Å². The fourth-order valence-corrected chi connectivity index (χ4v) is 3.64. The van der Waals surface area contributed by atoms with E-state index in [1.165, 1.54) is 32.2 Å². The van der Waals surface area contributed by atoms with Crippen LogP contribution in [0.4, 0.5) is 0 Å². The second-order valence-electron chi connectivity index (χ2n) is 6.76. The molecule has 120 valence electrons. The smallest absolute Gasteiger partial charge is 0.272 e. The number of carbonyl (C=O) groups is 1. The molecule has 1 amide bonds. The van der Waals surface area contributed by atoms with Crippen molar-refractivity contribution in [3.8, 4) is 0 Å². The van der Waals surface area contributed by atoms with Gasteiger partial charge in [0.05, 0.1) is 0 Å². The largest absolute Gasteiger partial charge is 0.337 e. The number of pyridine rings is 1. The van der Waals surface area contributed by atoms with Gasteiger partial charge < -0.3 is 9.80 Å². The molecule has 2 saturated heterocycles. The first kappa shape index (κ1) is 15.5. The number of piperidine rings is 1. The summed E-state index contributed by atoms with van der Waals surface area (Å²) >= 11 is 0. The molecule has 1 atom stereocenters. The maximum absolute atomic E-state index is 12.7. The van der Waals surface area contributed by atoms with Crippen molar-refractivity contribution in [2.75, 3.05) is 33.2 Å². The molecule has 1 aromatic heterocycles. The van der Waals surface area contributed by atoms with Crippen LogP contribution in [0.3, 0.4) is 0 Å². The summed E-state index contributed by atoms with van der Waals surface area (Å²) in [6.45, 7) is 3.99. The summed E-state index contributed by atoms with van der Waals surface area (Å²) in [6, 6.07) is 5.97. The van der Waals surface area contributed by atoms with E-state index in [4.69, 9.17) is 4.98 Å². The van der Waals surface area contributed by atoms with E-state index in [0.29, 0.717) is 11.6 Å². The Bertz CT molecular complexity index is 509. The summed E-state index contributed by atoms with van der Waals surface area (Å²) in [7, 11) is 2.17. The zero-order chi connectivity index (χ0) is 15.4. The summed E-state index contributed by atoms with van der Waals surface area (Å²) < 4.78 is 0. The van der Waals surface area contributed by atoms with Crippen molar-refractivity contribution in [1.82, 2.24) is 14.8 Å². The Kier molecular flexibility index (Phi) is 5.08. The van der Waals surface area contributed by atoms with Crippen LogP contribution >= 0.6 is 0 Å². The molecule has 0 aromatic carbocycles. The van der Waals surface area contributed by atoms with Gasteiger partial charge in [-0.1, -0.05) is 18.9 Å². The van der Waals surface area contributed by atoms with Crippen molar-refractivity contribution in [2.45, 2.75) is 44.4 Å². The molecule has 4 nitrogen and oxygen atoms in total. The average Bonchev–Trinajstić information content (AvgIpc) is 2.83. The third kappa shape index (κ3) is 3.67. The van der Waals surface area contributed by atoms with E-state index in [1.807, 2.05) is 17.0 Å². The Morgan fingerprint density at radius 2 is 1.86 bits per heavy atom. The van der Waals surface area contributed by atoms with Crippen LogP contribution in [-0.2, 0) is 0 Å². The number of hydrogen-bond acceptors (Lipinski definition) is 3. The van der Waals surface area contributed by atoms with Gasteiger partial charge in [0, 0.05) is 31.2 Å². The number of likely N-dealkylation sites (N-methyl/N-ethyl adjacent to an activating group) is 1. The fourth-order valence-electron chi connectivity index (χ4n) is 3.64. The highest BCUT2D eigenvalue weighted by Gasteiger charge is 2.23. The third-order valence-corrected chi connectivity index (χ3v) is 4.93. The van der Waals surface area contributed by atoms with Crippen molar-refractivity contribution >= 4 is 5.91 Å². The van der Waals surface area contributed by atoms with Gasteiger partial charge in [-0.3, -0.25) is 4.79 Å². The number of amides is 1. The Balaban J connectivity index is 1.73. The van der Waals surface area contributed by atoms with E-state index in [9.17, 15) is 4.79 Å². The highest BCUT2D eigenvalue weighted by Crippen LogP contribution is 2.25. The zero-order valence-corrected chi connectivity index (χ0v) is 13.6. The zero-order valence-electron chi connectivity index (χ0n) is 13.6. The number of hydrogen-bond donors (Lipinski definition) is 0. The van der Waals surface area contributed by atoms with E-state index < -0.39 is 0 Å². The van der Waals surface area contributed by atoms with E-state index in [1.54, 1.807) is 0 Å². The third-order valence-electron chi connectivity index (χ3n) is 4.93. The highest BCUT2D eigenvalue weighted by atomic mass is 16.2. The van der Waals surface area contributed by atoms with Crippen molar-refractivity contribution in [3.05, 3.63) is 29.6 Å². The van der Waals surface area contributed by atoms with Gasteiger partial charge in [-0.2, -0.15) is 0 Å². The summed E-state index contributed by atoms with van der Waals surface area (Å²) in [4.78, 5) is 21.8. The van der Waals surface area contributed by atoms with Crippen LogP contribution in [0.15, 0.2) is 18.2 Å². The van der Waals surface area contributed by atoms with Crippen LogP contribution in [0.5, 0.6) is 0 Å². The van der Waals surface area contributed by atoms with Gasteiger partial charge in [0.2, 0.25) is 0 Å². The number of aromatic nitrogens is 1. The highest BCUT2D eigenvalue weighted by molar-refractivity contribution is 5.92. The van der Waals surface area contributed by atoms with Crippen LogP contribution in [-0.4, -0.2) is 53.9 Å². The molecule has 0 aliphatic carbocycles. The molecule has 22 heavy (non-hydrogen) atoms. The van der Waals surface area contributed by atoms with Gasteiger partial charge in [0.1, 0.15) is 5.69 Å². The normalized spacial score (nSPS) is 24.0. The lowest BCUT2D eigenvalue weighted by Gasteiger charge is -2.29. The molecule has 2 aliphatic heterocycles. The fraction of sp³-hybridized carbons (Fsp3) is 0.667. The Labute approximate surface area is 133 Å². The summed E-state index contributed by atoms with van der Waals surface area (Å²) in [6.07, 6.45) is 7.13. The molecular weight excluding hydrogens is 274 g/mol. The number of carbonyl (C=O) groups excluding carboxylic acids is 1. The molecule has 2 fully saturated rings. The Hall–Kier alpha value is -1.42. The first-order valence-electron chi connectivity index (χ1n) is 8.69. The predicted octanol–water partition coefficient (Wildman–Crippen LogP) is 2.91. The Morgan fingerprint density at radius 3 is 2.59 bits per heavy atom. The second kappa shape index (κ2) is 7.23. The lowest BCUT2D eigenvalue weighted by Crippen LogP contribution is -2.33. The van der Waals surface area contributed by atoms with Crippen LogP contribution in [0, 0.1) is 0 Å². The van der Waals surface area contributed by atoms with Crippen molar-refractivity contribution < 1.29 is 4.79 Å². The van der Waals surface area contributed by atoms with Crippen LogP contribution in [0.25, 0.3) is 0 Å². The molecule has 0 spiro atoms. The molecule has 0 radical (unpaired) electrons. The molecule has 2 aliphatic rings. The molecule has 0 bridgehead atoms. The minimum Gasteiger partial charge on any atom is -0.337 e. The lowest BCUT2D eigenvalue weighted by atomic mass is 9.94.